The topological polar surface area (TPSA) is 44.8 Å². The molecule has 0 amide bonds. The van der Waals surface area contributed by atoms with E-state index in [0.717, 1.165) is 19.0 Å². The van der Waals surface area contributed by atoms with Crippen LogP contribution in [0.3, 0.4) is 0 Å². The molecule has 0 radical (unpaired) electrons. The molecule has 0 spiro atoms. The van der Waals surface area contributed by atoms with Crippen LogP contribution in [-0.2, 0) is 13.1 Å². The molecule has 3 aromatic rings. The monoisotopic (exact) mass is 264 g/mol. The molecule has 4 nitrogen and oxygen atoms in total. The van der Waals surface area contributed by atoms with Gasteiger partial charge in [0.1, 0.15) is 6.33 Å². The second-order valence-corrected chi connectivity index (χ2v) is 4.64. The van der Waals surface area contributed by atoms with E-state index < -0.39 is 0 Å². The minimum absolute atomic E-state index is 0.790. The van der Waals surface area contributed by atoms with Crippen molar-refractivity contribution in [2.45, 2.75) is 13.1 Å². The van der Waals surface area contributed by atoms with Crippen LogP contribution in [0.15, 0.2) is 67.0 Å². The van der Waals surface area contributed by atoms with E-state index in [2.05, 4.69) is 68.6 Å². The Hall–Kier alpha value is -2.62. The van der Waals surface area contributed by atoms with Gasteiger partial charge in [-0.1, -0.05) is 60.7 Å². The van der Waals surface area contributed by atoms with E-state index in [-0.39, 0.29) is 0 Å². The van der Waals surface area contributed by atoms with Crippen molar-refractivity contribution in [2.24, 2.45) is 0 Å². The van der Waals surface area contributed by atoms with Gasteiger partial charge in [0, 0.05) is 13.1 Å². The van der Waals surface area contributed by atoms with E-state index >= 15 is 0 Å². The number of hydrogen-bond donors (Lipinski definition) is 1. The summed E-state index contributed by atoms with van der Waals surface area (Å²) in [5.74, 6) is 0.790. The lowest BCUT2D eigenvalue weighted by molar-refractivity contribution is 0.766. The second kappa shape index (κ2) is 6.02. The van der Waals surface area contributed by atoms with Crippen molar-refractivity contribution in [2.75, 3.05) is 4.90 Å². The van der Waals surface area contributed by atoms with Crippen LogP contribution in [0.2, 0.25) is 0 Å². The Morgan fingerprint density at radius 2 is 1.35 bits per heavy atom. The summed E-state index contributed by atoms with van der Waals surface area (Å²) in [4.78, 5) is 6.45. The normalized spacial score (nSPS) is 10.4. The number of benzene rings is 2. The van der Waals surface area contributed by atoms with Crippen molar-refractivity contribution in [1.29, 1.82) is 0 Å². The van der Waals surface area contributed by atoms with Crippen LogP contribution < -0.4 is 4.90 Å². The quantitative estimate of drug-likeness (QED) is 0.770. The molecule has 0 aliphatic rings. The van der Waals surface area contributed by atoms with Crippen LogP contribution in [0.1, 0.15) is 11.1 Å². The van der Waals surface area contributed by atoms with Gasteiger partial charge in [0.2, 0.25) is 5.95 Å². The van der Waals surface area contributed by atoms with Gasteiger partial charge in [-0.05, 0) is 11.1 Å². The number of anilines is 1. The molecule has 0 bridgehead atoms. The van der Waals surface area contributed by atoms with E-state index in [1.807, 2.05) is 12.1 Å². The van der Waals surface area contributed by atoms with E-state index in [0.29, 0.717) is 0 Å². The molecule has 0 fully saturated rings. The van der Waals surface area contributed by atoms with E-state index in [1.165, 1.54) is 11.1 Å². The van der Waals surface area contributed by atoms with Gasteiger partial charge in [0.15, 0.2) is 0 Å². The molecule has 1 heterocycles. The van der Waals surface area contributed by atoms with Gasteiger partial charge >= 0.3 is 0 Å². The predicted octanol–water partition coefficient (Wildman–Crippen LogP) is 3.01. The number of aromatic amines is 1. The van der Waals surface area contributed by atoms with Gasteiger partial charge < -0.3 is 4.90 Å². The van der Waals surface area contributed by atoms with Gasteiger partial charge in [-0.2, -0.15) is 10.1 Å². The fourth-order valence-electron chi connectivity index (χ4n) is 2.16. The maximum absolute atomic E-state index is 4.27. The standard InChI is InChI=1S/C16H16N4/c1-3-7-14(8-4-1)11-20(16-17-13-18-19-16)12-15-9-5-2-6-10-15/h1-10,13H,11-12H2,(H,17,18,19). The van der Waals surface area contributed by atoms with Crippen LogP contribution in [0.4, 0.5) is 5.95 Å². The molecule has 3 rings (SSSR count). The third-order valence-corrected chi connectivity index (χ3v) is 3.13. The van der Waals surface area contributed by atoms with Crippen molar-refractivity contribution in [3.63, 3.8) is 0 Å². The molecule has 4 heteroatoms. The molecule has 0 saturated carbocycles. The highest BCUT2D eigenvalue weighted by Crippen LogP contribution is 2.15. The maximum atomic E-state index is 4.27. The Kier molecular flexibility index (Phi) is 3.73. The zero-order valence-electron chi connectivity index (χ0n) is 11.1. The molecule has 0 saturated heterocycles. The third kappa shape index (κ3) is 3.03. The van der Waals surface area contributed by atoms with Crippen molar-refractivity contribution in [1.82, 2.24) is 15.2 Å². The highest BCUT2D eigenvalue weighted by atomic mass is 15.3. The molecular weight excluding hydrogens is 248 g/mol. The smallest absolute Gasteiger partial charge is 0.221 e. The molecule has 2 aromatic carbocycles. The first-order chi connectivity index (χ1) is 9.92. The SMILES string of the molecule is c1ccc(CN(Cc2ccccc2)c2ncn[nH]2)cc1. The molecule has 0 aliphatic carbocycles. The summed E-state index contributed by atoms with van der Waals surface area (Å²) in [6.45, 7) is 1.59. The highest BCUT2D eigenvalue weighted by molar-refractivity contribution is 5.33. The first kappa shape index (κ1) is 12.4. The fraction of sp³-hybridized carbons (Fsp3) is 0.125. The van der Waals surface area contributed by atoms with E-state index in [4.69, 9.17) is 0 Å². The lowest BCUT2D eigenvalue weighted by atomic mass is 10.2. The zero-order chi connectivity index (χ0) is 13.6. The van der Waals surface area contributed by atoms with E-state index in [9.17, 15) is 0 Å². The maximum Gasteiger partial charge on any atom is 0.221 e. The summed E-state index contributed by atoms with van der Waals surface area (Å²) in [5.41, 5.74) is 2.50. The first-order valence-electron chi connectivity index (χ1n) is 6.60. The lowest BCUT2D eigenvalue weighted by Crippen LogP contribution is -2.23. The molecule has 20 heavy (non-hydrogen) atoms. The zero-order valence-corrected chi connectivity index (χ0v) is 11.1. The van der Waals surface area contributed by atoms with Gasteiger partial charge in [0.05, 0.1) is 0 Å². The number of nitrogens with zero attached hydrogens (tertiary/aromatic N) is 3. The summed E-state index contributed by atoms with van der Waals surface area (Å²) in [5, 5.41) is 6.89. The summed E-state index contributed by atoms with van der Waals surface area (Å²) in [6, 6.07) is 20.7. The minimum Gasteiger partial charge on any atom is -0.333 e. The Balaban J connectivity index is 1.81. The average molecular weight is 264 g/mol. The minimum atomic E-state index is 0.790. The first-order valence-corrected chi connectivity index (χ1v) is 6.60. The van der Waals surface area contributed by atoms with Crippen molar-refractivity contribution < 1.29 is 0 Å². The number of aromatic nitrogens is 3. The molecule has 100 valence electrons. The molecular formula is C16H16N4. The second-order valence-electron chi connectivity index (χ2n) is 4.64. The fourth-order valence-corrected chi connectivity index (χ4v) is 2.16. The lowest BCUT2D eigenvalue weighted by Gasteiger charge is -2.21. The Morgan fingerprint density at radius 1 is 0.800 bits per heavy atom. The number of rotatable bonds is 5. The Labute approximate surface area is 118 Å². The average Bonchev–Trinajstić information content (AvgIpc) is 3.03. The molecule has 1 aromatic heterocycles. The van der Waals surface area contributed by atoms with Gasteiger partial charge in [-0.15, -0.1) is 0 Å². The van der Waals surface area contributed by atoms with Crippen LogP contribution in [0.25, 0.3) is 0 Å². The van der Waals surface area contributed by atoms with Gasteiger partial charge in [-0.25, -0.2) is 5.10 Å². The van der Waals surface area contributed by atoms with Gasteiger partial charge in [-0.3, -0.25) is 0 Å². The summed E-state index contributed by atoms with van der Waals surface area (Å²) < 4.78 is 0. The molecule has 1 N–H and O–H groups in total. The summed E-state index contributed by atoms with van der Waals surface area (Å²) >= 11 is 0. The van der Waals surface area contributed by atoms with Crippen molar-refractivity contribution >= 4 is 5.95 Å². The summed E-state index contributed by atoms with van der Waals surface area (Å²) in [6.07, 6.45) is 1.54. The Morgan fingerprint density at radius 3 is 1.80 bits per heavy atom. The Bertz CT molecular complexity index is 579. The van der Waals surface area contributed by atoms with Crippen molar-refractivity contribution in [3.05, 3.63) is 78.1 Å². The third-order valence-electron chi connectivity index (χ3n) is 3.13. The largest absolute Gasteiger partial charge is 0.333 e. The molecule has 0 aliphatic heterocycles. The number of hydrogen-bond acceptors (Lipinski definition) is 3. The number of nitrogens with one attached hydrogen (secondary N) is 1. The predicted molar refractivity (Wildman–Crippen MR) is 79.2 cm³/mol. The van der Waals surface area contributed by atoms with Crippen LogP contribution in [-0.4, -0.2) is 15.2 Å². The molecule has 0 atom stereocenters. The van der Waals surface area contributed by atoms with Crippen LogP contribution in [0.5, 0.6) is 0 Å². The van der Waals surface area contributed by atoms with Crippen LogP contribution in [0, 0.1) is 0 Å². The van der Waals surface area contributed by atoms with Gasteiger partial charge in [0.25, 0.3) is 0 Å². The number of H-pyrrole nitrogens is 1. The van der Waals surface area contributed by atoms with Crippen LogP contribution >= 0.6 is 0 Å². The summed E-state index contributed by atoms with van der Waals surface area (Å²) in [7, 11) is 0. The highest BCUT2D eigenvalue weighted by Gasteiger charge is 2.10. The molecule has 0 unspecified atom stereocenters. The van der Waals surface area contributed by atoms with E-state index in [1.54, 1.807) is 6.33 Å². The van der Waals surface area contributed by atoms with Crippen molar-refractivity contribution in [3.8, 4) is 0 Å².